The molecule has 1 heterocycles. The zero-order valence-electron chi connectivity index (χ0n) is 10.2. The molecule has 4 nitrogen and oxygen atoms in total. The van der Waals surface area contributed by atoms with E-state index in [9.17, 15) is 4.79 Å². The molecule has 1 saturated heterocycles. The van der Waals surface area contributed by atoms with Crippen molar-refractivity contribution in [2.45, 2.75) is 19.0 Å². The van der Waals surface area contributed by atoms with E-state index in [1.165, 1.54) is 7.11 Å². The Morgan fingerprint density at radius 2 is 2.29 bits per heavy atom. The highest BCUT2D eigenvalue weighted by Gasteiger charge is 2.34. The van der Waals surface area contributed by atoms with E-state index in [2.05, 4.69) is 4.90 Å². The lowest BCUT2D eigenvalue weighted by atomic mass is 10.0. The first-order valence-corrected chi connectivity index (χ1v) is 5.69. The topological polar surface area (TPSA) is 38.8 Å². The second kappa shape index (κ2) is 5.19. The Morgan fingerprint density at radius 1 is 1.47 bits per heavy atom. The Labute approximate surface area is 101 Å². The van der Waals surface area contributed by atoms with Gasteiger partial charge < -0.3 is 9.47 Å². The maximum atomic E-state index is 11.4. The van der Waals surface area contributed by atoms with Gasteiger partial charge in [-0.05, 0) is 24.1 Å². The first-order valence-electron chi connectivity index (χ1n) is 5.69. The fourth-order valence-corrected chi connectivity index (χ4v) is 2.04. The van der Waals surface area contributed by atoms with Crippen LogP contribution in [0.2, 0.25) is 0 Å². The molecule has 1 aromatic rings. The molecule has 1 unspecified atom stereocenters. The summed E-state index contributed by atoms with van der Waals surface area (Å²) in [7, 11) is 3.09. The van der Waals surface area contributed by atoms with E-state index in [0.29, 0.717) is 0 Å². The maximum absolute atomic E-state index is 11.4. The Bertz CT molecular complexity index is 405. The summed E-state index contributed by atoms with van der Waals surface area (Å²) in [4.78, 5) is 13.5. The van der Waals surface area contributed by atoms with Gasteiger partial charge in [-0.25, -0.2) is 0 Å². The van der Waals surface area contributed by atoms with E-state index in [0.717, 1.165) is 30.8 Å². The molecule has 0 radical (unpaired) electrons. The molecule has 0 aromatic heterocycles. The molecular formula is C13H17NO3. The van der Waals surface area contributed by atoms with Gasteiger partial charge in [0.1, 0.15) is 11.8 Å². The summed E-state index contributed by atoms with van der Waals surface area (Å²) in [6, 6.07) is 7.83. The standard InChI is InChI=1S/C13H17NO3/c1-16-11-5-3-4-10(8-11)9-14-7-6-12(14)13(15)17-2/h3-5,8,12H,6-7,9H2,1-2H3. The fourth-order valence-electron chi connectivity index (χ4n) is 2.04. The minimum absolute atomic E-state index is 0.0776. The van der Waals surface area contributed by atoms with E-state index in [1.807, 2.05) is 24.3 Å². The van der Waals surface area contributed by atoms with Crippen LogP contribution >= 0.6 is 0 Å². The summed E-state index contributed by atoms with van der Waals surface area (Å²) in [6.45, 7) is 1.70. The summed E-state index contributed by atoms with van der Waals surface area (Å²) >= 11 is 0. The third-order valence-electron chi connectivity index (χ3n) is 3.12. The van der Waals surface area contributed by atoms with E-state index >= 15 is 0 Å². The summed E-state index contributed by atoms with van der Waals surface area (Å²) in [5.41, 5.74) is 1.15. The number of hydrogen-bond acceptors (Lipinski definition) is 4. The molecule has 4 heteroatoms. The van der Waals surface area contributed by atoms with Crippen LogP contribution in [0.25, 0.3) is 0 Å². The van der Waals surface area contributed by atoms with Crippen LogP contribution < -0.4 is 4.74 Å². The second-order valence-corrected chi connectivity index (χ2v) is 4.15. The third kappa shape index (κ3) is 2.58. The predicted molar refractivity (Wildman–Crippen MR) is 63.8 cm³/mol. The molecule has 1 fully saturated rings. The van der Waals surface area contributed by atoms with Crippen molar-refractivity contribution in [3.63, 3.8) is 0 Å². The van der Waals surface area contributed by atoms with E-state index in [-0.39, 0.29) is 12.0 Å². The molecule has 0 aliphatic carbocycles. The van der Waals surface area contributed by atoms with E-state index in [1.54, 1.807) is 7.11 Å². The highest BCUT2D eigenvalue weighted by Crippen LogP contribution is 2.23. The second-order valence-electron chi connectivity index (χ2n) is 4.15. The molecule has 0 spiro atoms. The van der Waals surface area contributed by atoms with Crippen molar-refractivity contribution >= 4 is 5.97 Å². The summed E-state index contributed by atoms with van der Waals surface area (Å²) in [5, 5.41) is 0. The smallest absolute Gasteiger partial charge is 0.323 e. The van der Waals surface area contributed by atoms with Crippen molar-refractivity contribution in [3.8, 4) is 5.75 Å². The number of ether oxygens (including phenoxy) is 2. The van der Waals surface area contributed by atoms with Gasteiger partial charge in [0.05, 0.1) is 14.2 Å². The summed E-state index contributed by atoms with van der Waals surface area (Å²) in [6.07, 6.45) is 0.886. The summed E-state index contributed by atoms with van der Waals surface area (Å²) < 4.78 is 9.94. The Hall–Kier alpha value is -1.55. The molecule has 0 saturated carbocycles. The Kier molecular flexibility index (Phi) is 3.64. The van der Waals surface area contributed by atoms with Gasteiger partial charge in [0.25, 0.3) is 0 Å². The Morgan fingerprint density at radius 3 is 2.88 bits per heavy atom. The molecule has 1 aliphatic rings. The zero-order valence-corrected chi connectivity index (χ0v) is 10.2. The highest BCUT2D eigenvalue weighted by atomic mass is 16.5. The average molecular weight is 235 g/mol. The lowest BCUT2D eigenvalue weighted by Gasteiger charge is -2.38. The van der Waals surface area contributed by atoms with Crippen molar-refractivity contribution in [2.75, 3.05) is 20.8 Å². The Balaban J connectivity index is 1.99. The van der Waals surface area contributed by atoms with Crippen LogP contribution in [0.3, 0.4) is 0 Å². The van der Waals surface area contributed by atoms with Crippen LogP contribution in [0, 0.1) is 0 Å². The van der Waals surface area contributed by atoms with Gasteiger partial charge in [0, 0.05) is 13.1 Å². The molecule has 17 heavy (non-hydrogen) atoms. The molecule has 2 rings (SSSR count). The number of esters is 1. The first-order chi connectivity index (χ1) is 8.24. The number of benzene rings is 1. The number of rotatable bonds is 4. The minimum Gasteiger partial charge on any atom is -0.497 e. The molecule has 1 atom stereocenters. The molecule has 1 aliphatic heterocycles. The van der Waals surface area contributed by atoms with E-state index in [4.69, 9.17) is 9.47 Å². The number of carbonyl (C=O) groups is 1. The SMILES string of the molecule is COC(=O)C1CCN1Cc1cccc(OC)c1. The molecule has 0 N–H and O–H groups in total. The first kappa shape index (κ1) is 11.9. The summed E-state index contributed by atoms with van der Waals surface area (Å²) in [5.74, 6) is 0.705. The number of carbonyl (C=O) groups excluding carboxylic acids is 1. The van der Waals surface area contributed by atoms with Crippen LogP contribution in [-0.2, 0) is 16.1 Å². The monoisotopic (exact) mass is 235 g/mol. The van der Waals surface area contributed by atoms with Crippen molar-refractivity contribution in [2.24, 2.45) is 0 Å². The molecular weight excluding hydrogens is 218 g/mol. The maximum Gasteiger partial charge on any atom is 0.323 e. The van der Waals surface area contributed by atoms with Gasteiger partial charge >= 0.3 is 5.97 Å². The number of nitrogens with zero attached hydrogens (tertiary/aromatic N) is 1. The minimum atomic E-state index is -0.140. The van der Waals surface area contributed by atoms with Gasteiger partial charge in [-0.3, -0.25) is 9.69 Å². The molecule has 0 amide bonds. The normalized spacial score (nSPS) is 19.5. The average Bonchev–Trinajstić information content (AvgIpc) is 2.34. The number of likely N-dealkylation sites (tertiary alicyclic amines) is 1. The van der Waals surface area contributed by atoms with Crippen LogP contribution in [0.5, 0.6) is 5.75 Å². The van der Waals surface area contributed by atoms with Crippen LogP contribution in [0.4, 0.5) is 0 Å². The quantitative estimate of drug-likeness (QED) is 0.740. The van der Waals surface area contributed by atoms with Gasteiger partial charge in [-0.1, -0.05) is 12.1 Å². The van der Waals surface area contributed by atoms with Crippen LogP contribution in [-0.4, -0.2) is 37.7 Å². The lowest BCUT2D eigenvalue weighted by Crippen LogP contribution is -2.52. The van der Waals surface area contributed by atoms with Gasteiger partial charge in [0.15, 0.2) is 0 Å². The van der Waals surface area contributed by atoms with Crippen molar-refractivity contribution < 1.29 is 14.3 Å². The zero-order chi connectivity index (χ0) is 12.3. The fraction of sp³-hybridized carbons (Fsp3) is 0.462. The largest absolute Gasteiger partial charge is 0.497 e. The lowest BCUT2D eigenvalue weighted by molar-refractivity contribution is -0.152. The molecule has 0 bridgehead atoms. The van der Waals surface area contributed by atoms with Crippen LogP contribution in [0.15, 0.2) is 24.3 Å². The highest BCUT2D eigenvalue weighted by molar-refractivity contribution is 5.76. The van der Waals surface area contributed by atoms with Crippen molar-refractivity contribution in [1.29, 1.82) is 0 Å². The number of hydrogen-bond donors (Lipinski definition) is 0. The van der Waals surface area contributed by atoms with Crippen LogP contribution in [0.1, 0.15) is 12.0 Å². The van der Waals surface area contributed by atoms with E-state index < -0.39 is 0 Å². The molecule has 1 aromatic carbocycles. The van der Waals surface area contributed by atoms with Crippen molar-refractivity contribution in [3.05, 3.63) is 29.8 Å². The van der Waals surface area contributed by atoms with Gasteiger partial charge in [-0.15, -0.1) is 0 Å². The predicted octanol–water partition coefficient (Wildman–Crippen LogP) is 1.44. The van der Waals surface area contributed by atoms with Gasteiger partial charge in [0.2, 0.25) is 0 Å². The third-order valence-corrected chi connectivity index (χ3v) is 3.12. The van der Waals surface area contributed by atoms with Gasteiger partial charge in [-0.2, -0.15) is 0 Å². The molecule has 92 valence electrons. The number of methoxy groups -OCH3 is 2. The van der Waals surface area contributed by atoms with Crippen molar-refractivity contribution in [1.82, 2.24) is 4.90 Å².